The van der Waals surface area contributed by atoms with Crippen LogP contribution in [0.4, 0.5) is 0 Å². The number of rotatable bonds is 5. The fraction of sp³-hybridized carbons (Fsp3) is 0.611. The van der Waals surface area contributed by atoms with Crippen molar-refractivity contribution in [1.82, 2.24) is 10.2 Å². The van der Waals surface area contributed by atoms with Crippen molar-refractivity contribution < 1.29 is 0 Å². The molecule has 1 aliphatic heterocycles. The number of likely N-dealkylation sites (tertiary alicyclic amines) is 1. The highest BCUT2D eigenvalue weighted by molar-refractivity contribution is 5.32. The lowest BCUT2D eigenvalue weighted by molar-refractivity contribution is 0.0777. The van der Waals surface area contributed by atoms with Gasteiger partial charge in [0.2, 0.25) is 0 Å². The highest BCUT2D eigenvalue weighted by Crippen LogP contribution is 2.29. The maximum atomic E-state index is 9.93. The van der Waals surface area contributed by atoms with Crippen molar-refractivity contribution in [3.63, 3.8) is 0 Å². The van der Waals surface area contributed by atoms with Crippen molar-refractivity contribution in [2.75, 3.05) is 13.1 Å². The third kappa shape index (κ3) is 3.45. The topological polar surface area (TPSA) is 39.1 Å². The van der Waals surface area contributed by atoms with Gasteiger partial charge in [-0.15, -0.1) is 0 Å². The molecule has 0 saturated carbocycles. The third-order valence-electron chi connectivity index (χ3n) is 4.73. The maximum absolute atomic E-state index is 9.93. The zero-order chi connectivity index (χ0) is 15.3. The molecule has 1 unspecified atom stereocenters. The van der Waals surface area contributed by atoms with E-state index in [1.807, 2.05) is 18.2 Å². The number of likely N-dealkylation sites (N-methyl/N-ethyl adjacent to an activating group) is 1. The monoisotopic (exact) mass is 285 g/mol. The number of benzene rings is 1. The summed E-state index contributed by atoms with van der Waals surface area (Å²) in [5.74, 6) is 0. The van der Waals surface area contributed by atoms with Crippen LogP contribution in [0.25, 0.3) is 0 Å². The molecule has 0 aliphatic carbocycles. The molecule has 0 aromatic heterocycles. The Bertz CT molecular complexity index is 469. The molecule has 1 fully saturated rings. The zero-order valence-electron chi connectivity index (χ0n) is 13.5. The summed E-state index contributed by atoms with van der Waals surface area (Å²) in [6.45, 7) is 8.18. The molecular weight excluding hydrogens is 258 g/mol. The van der Waals surface area contributed by atoms with Gasteiger partial charge in [0, 0.05) is 18.6 Å². The summed E-state index contributed by atoms with van der Waals surface area (Å²) in [7, 11) is 0. The molecular formula is C18H27N3. The van der Waals surface area contributed by atoms with Gasteiger partial charge in [0.1, 0.15) is 5.54 Å². The molecule has 1 N–H and O–H groups in total. The molecule has 1 heterocycles. The van der Waals surface area contributed by atoms with E-state index in [0.29, 0.717) is 12.1 Å². The Balaban J connectivity index is 2.30. The quantitative estimate of drug-likeness (QED) is 0.902. The molecule has 1 aliphatic rings. The fourth-order valence-electron chi connectivity index (χ4n) is 3.47. The minimum absolute atomic E-state index is 0.545. The van der Waals surface area contributed by atoms with Crippen molar-refractivity contribution in [1.29, 1.82) is 5.26 Å². The van der Waals surface area contributed by atoms with Gasteiger partial charge in [0.15, 0.2) is 0 Å². The lowest BCUT2D eigenvalue weighted by Crippen LogP contribution is -2.55. The second-order valence-electron chi connectivity index (χ2n) is 6.21. The molecule has 114 valence electrons. The molecule has 0 spiro atoms. The average Bonchev–Trinajstić information content (AvgIpc) is 2.51. The van der Waals surface area contributed by atoms with Crippen LogP contribution in [0.1, 0.15) is 45.6 Å². The van der Waals surface area contributed by atoms with Gasteiger partial charge in [-0.05, 0) is 38.8 Å². The summed E-state index contributed by atoms with van der Waals surface area (Å²) in [4.78, 5) is 2.50. The molecule has 2 rings (SSSR count). The van der Waals surface area contributed by atoms with Gasteiger partial charge in [-0.25, -0.2) is 0 Å². The van der Waals surface area contributed by atoms with E-state index in [1.165, 1.54) is 19.3 Å². The predicted octanol–water partition coefficient (Wildman–Crippen LogP) is 3.28. The third-order valence-corrected chi connectivity index (χ3v) is 4.73. The molecule has 3 heteroatoms. The Morgan fingerprint density at radius 2 is 1.86 bits per heavy atom. The van der Waals surface area contributed by atoms with Gasteiger partial charge in [-0.1, -0.05) is 43.7 Å². The van der Waals surface area contributed by atoms with E-state index in [-0.39, 0.29) is 0 Å². The van der Waals surface area contributed by atoms with Gasteiger partial charge in [0.05, 0.1) is 6.07 Å². The summed E-state index contributed by atoms with van der Waals surface area (Å²) in [6, 6.07) is 13.8. The first kappa shape index (κ1) is 16.0. The lowest BCUT2D eigenvalue weighted by Gasteiger charge is -2.43. The second-order valence-corrected chi connectivity index (χ2v) is 6.21. The number of piperidine rings is 1. The maximum Gasteiger partial charge on any atom is 0.145 e. The van der Waals surface area contributed by atoms with E-state index in [4.69, 9.17) is 0 Å². The van der Waals surface area contributed by atoms with Crippen LogP contribution in [0, 0.1) is 11.3 Å². The van der Waals surface area contributed by atoms with Crippen molar-refractivity contribution in [3.8, 4) is 6.07 Å². The number of nitriles is 1. The van der Waals surface area contributed by atoms with Crippen molar-refractivity contribution >= 4 is 0 Å². The van der Waals surface area contributed by atoms with Crippen LogP contribution in [0.2, 0.25) is 0 Å². The van der Waals surface area contributed by atoms with E-state index in [2.05, 4.69) is 49.2 Å². The number of hydrogen-bond donors (Lipinski definition) is 1. The second kappa shape index (κ2) is 7.06. The average molecular weight is 285 g/mol. The number of hydrogen-bond acceptors (Lipinski definition) is 3. The Morgan fingerprint density at radius 3 is 2.38 bits per heavy atom. The molecule has 21 heavy (non-hydrogen) atoms. The van der Waals surface area contributed by atoms with E-state index in [9.17, 15) is 5.26 Å². The summed E-state index contributed by atoms with van der Waals surface area (Å²) in [5, 5.41) is 13.4. The first-order valence-corrected chi connectivity index (χ1v) is 8.10. The normalized spacial score (nSPS) is 26.0. The van der Waals surface area contributed by atoms with Gasteiger partial charge >= 0.3 is 0 Å². The van der Waals surface area contributed by atoms with Gasteiger partial charge in [0.25, 0.3) is 0 Å². The Labute approximate surface area is 129 Å². The van der Waals surface area contributed by atoms with E-state index >= 15 is 0 Å². The highest BCUT2D eigenvalue weighted by Gasteiger charge is 2.37. The fourth-order valence-corrected chi connectivity index (χ4v) is 3.47. The predicted molar refractivity (Wildman–Crippen MR) is 86.9 cm³/mol. The first-order valence-electron chi connectivity index (χ1n) is 8.10. The largest absolute Gasteiger partial charge is 0.295 e. The minimum atomic E-state index is -0.615. The standard InChI is InChI=1S/C18H27N3/c1-4-20-18(13-19,17-11-6-5-7-12-17)14-21-15(2)9-8-10-16(21)3/h5-7,11-12,15-16,20H,4,8-10,14H2,1-3H3/t15-,16+,18?. The van der Waals surface area contributed by atoms with E-state index in [0.717, 1.165) is 18.7 Å². The zero-order valence-corrected chi connectivity index (χ0v) is 13.5. The van der Waals surface area contributed by atoms with Crippen LogP contribution in [-0.2, 0) is 5.54 Å². The summed E-state index contributed by atoms with van der Waals surface area (Å²) < 4.78 is 0. The molecule has 1 aromatic carbocycles. The van der Waals surface area contributed by atoms with Crippen LogP contribution in [-0.4, -0.2) is 30.1 Å². The molecule has 0 amide bonds. The van der Waals surface area contributed by atoms with Crippen molar-refractivity contribution in [2.24, 2.45) is 0 Å². The number of nitrogens with zero attached hydrogens (tertiary/aromatic N) is 2. The van der Waals surface area contributed by atoms with Crippen LogP contribution in [0.15, 0.2) is 30.3 Å². The van der Waals surface area contributed by atoms with E-state index < -0.39 is 5.54 Å². The SMILES string of the molecule is CCNC(C#N)(CN1[C@H](C)CCC[C@@H]1C)c1ccccc1. The molecule has 3 atom stereocenters. The lowest BCUT2D eigenvalue weighted by atomic mass is 9.87. The van der Waals surface area contributed by atoms with Crippen LogP contribution in [0.3, 0.4) is 0 Å². The van der Waals surface area contributed by atoms with Crippen LogP contribution < -0.4 is 5.32 Å². The molecule has 0 bridgehead atoms. The van der Waals surface area contributed by atoms with Gasteiger partial charge in [-0.3, -0.25) is 10.2 Å². The summed E-state index contributed by atoms with van der Waals surface area (Å²) in [5.41, 5.74) is 0.454. The smallest absolute Gasteiger partial charge is 0.145 e. The van der Waals surface area contributed by atoms with E-state index in [1.54, 1.807) is 0 Å². The molecule has 1 aromatic rings. The van der Waals surface area contributed by atoms with Crippen LogP contribution in [0.5, 0.6) is 0 Å². The summed E-state index contributed by atoms with van der Waals surface area (Å²) >= 11 is 0. The minimum Gasteiger partial charge on any atom is -0.295 e. The first-order chi connectivity index (χ1) is 10.1. The highest BCUT2D eigenvalue weighted by atomic mass is 15.2. The number of nitrogens with one attached hydrogen (secondary N) is 1. The molecule has 1 saturated heterocycles. The Kier molecular flexibility index (Phi) is 5.39. The van der Waals surface area contributed by atoms with Gasteiger partial charge < -0.3 is 0 Å². The Morgan fingerprint density at radius 1 is 1.24 bits per heavy atom. The van der Waals surface area contributed by atoms with Gasteiger partial charge in [-0.2, -0.15) is 5.26 Å². The Hall–Kier alpha value is -1.37. The molecule has 0 radical (unpaired) electrons. The summed E-state index contributed by atoms with van der Waals surface area (Å²) in [6.07, 6.45) is 3.75. The molecule has 3 nitrogen and oxygen atoms in total. The van der Waals surface area contributed by atoms with Crippen molar-refractivity contribution in [3.05, 3.63) is 35.9 Å². The van der Waals surface area contributed by atoms with Crippen LogP contribution >= 0.6 is 0 Å². The van der Waals surface area contributed by atoms with Crippen molar-refractivity contribution in [2.45, 2.75) is 57.7 Å².